The van der Waals surface area contributed by atoms with E-state index in [1.807, 2.05) is 0 Å². The molecule has 0 fully saturated rings. The predicted molar refractivity (Wildman–Crippen MR) is 316 cm³/mol. The van der Waals surface area contributed by atoms with E-state index in [0.29, 0.717) is 19.3 Å². The van der Waals surface area contributed by atoms with E-state index in [-0.39, 0.29) is 31.1 Å². The SMILES string of the molecule is CC/C=C\C/C=C\C/C=C\C/C=C\C/C=C\CCCCCCCCCCCCCCCCCCCCCC(=O)OCC(COC(=O)CCCCCCC/C=C\CCC)OC(=O)CCCCCCC/C=C\CCC. The van der Waals surface area contributed by atoms with Crippen molar-refractivity contribution in [3.8, 4) is 0 Å². The molecule has 0 heterocycles. The minimum atomic E-state index is -0.779. The largest absolute Gasteiger partial charge is 0.462 e. The lowest BCUT2D eigenvalue weighted by molar-refractivity contribution is -0.167. The molecule has 420 valence electrons. The smallest absolute Gasteiger partial charge is 0.306 e. The third-order valence-electron chi connectivity index (χ3n) is 13.3. The molecule has 0 aliphatic carbocycles. The predicted octanol–water partition coefficient (Wildman–Crippen LogP) is 21.1. The van der Waals surface area contributed by atoms with E-state index in [1.54, 1.807) is 0 Å². The molecule has 0 N–H and O–H groups in total. The van der Waals surface area contributed by atoms with Gasteiger partial charge >= 0.3 is 17.9 Å². The van der Waals surface area contributed by atoms with Crippen molar-refractivity contribution in [2.45, 2.75) is 309 Å². The Kier molecular flexibility index (Phi) is 58.3. The average Bonchev–Trinajstić information content (AvgIpc) is 3.39. The molecule has 6 nitrogen and oxygen atoms in total. The highest BCUT2D eigenvalue weighted by Crippen LogP contribution is 2.17. The Bertz CT molecular complexity index is 1400. The summed E-state index contributed by atoms with van der Waals surface area (Å²) in [5.74, 6) is -0.894. The topological polar surface area (TPSA) is 78.9 Å². The Labute approximate surface area is 452 Å². The van der Waals surface area contributed by atoms with Crippen molar-refractivity contribution in [3.63, 3.8) is 0 Å². The molecule has 0 aromatic carbocycles. The lowest BCUT2D eigenvalue weighted by Gasteiger charge is -2.18. The van der Waals surface area contributed by atoms with Gasteiger partial charge in [0.15, 0.2) is 6.10 Å². The summed E-state index contributed by atoms with van der Waals surface area (Å²) in [6.07, 6.45) is 80.6. The van der Waals surface area contributed by atoms with Gasteiger partial charge in [-0.3, -0.25) is 14.4 Å². The Balaban J connectivity index is 3.96. The Morgan fingerprint density at radius 2 is 0.534 bits per heavy atom. The van der Waals surface area contributed by atoms with Crippen LogP contribution < -0.4 is 0 Å². The first kappa shape index (κ1) is 69.6. The van der Waals surface area contributed by atoms with Gasteiger partial charge in [-0.25, -0.2) is 0 Å². The van der Waals surface area contributed by atoms with Crippen LogP contribution in [0.3, 0.4) is 0 Å². The number of hydrogen-bond acceptors (Lipinski definition) is 6. The fourth-order valence-electron chi connectivity index (χ4n) is 8.71. The van der Waals surface area contributed by atoms with Gasteiger partial charge in [-0.1, -0.05) is 266 Å². The van der Waals surface area contributed by atoms with Gasteiger partial charge in [0.2, 0.25) is 0 Å². The van der Waals surface area contributed by atoms with Crippen molar-refractivity contribution in [2.75, 3.05) is 13.2 Å². The molecule has 0 aromatic heterocycles. The molecule has 0 rings (SSSR count). The van der Waals surface area contributed by atoms with Crippen molar-refractivity contribution in [1.82, 2.24) is 0 Å². The first-order valence-electron chi connectivity index (χ1n) is 31.1. The van der Waals surface area contributed by atoms with Crippen LogP contribution in [-0.2, 0) is 28.6 Å². The van der Waals surface area contributed by atoms with Gasteiger partial charge in [-0.2, -0.15) is 0 Å². The standard InChI is InChI=1S/C67H116O6/c1-4-7-10-13-16-19-22-23-24-25-26-27-28-29-30-31-32-33-34-35-36-37-38-39-40-41-42-43-44-45-46-49-51-54-57-60-66(69)72-63-64(73-67(70)61-58-55-52-48-21-18-15-12-9-6-3)62-71-65(68)59-56-53-50-47-20-17-14-11-8-5-2/h7,10-12,14-16,19,23-24,26-27,29-30,64H,4-6,8-9,13,17-18,20-22,25,28,31-63H2,1-3H3/b10-7-,14-11-,15-12-,19-16-,24-23-,27-26-,30-29-. The Hall–Kier alpha value is -3.41. The van der Waals surface area contributed by atoms with Crippen molar-refractivity contribution >= 4 is 17.9 Å². The summed E-state index contributed by atoms with van der Waals surface area (Å²) in [7, 11) is 0. The number of ether oxygens (including phenoxy) is 3. The number of allylic oxidation sites excluding steroid dienone is 14. The molecule has 0 bridgehead atoms. The van der Waals surface area contributed by atoms with Gasteiger partial charge in [-0.15, -0.1) is 0 Å². The Morgan fingerprint density at radius 1 is 0.288 bits per heavy atom. The lowest BCUT2D eigenvalue weighted by Crippen LogP contribution is -2.30. The number of esters is 3. The van der Waals surface area contributed by atoms with E-state index < -0.39 is 6.10 Å². The molecule has 6 heteroatoms. The second-order valence-corrected chi connectivity index (χ2v) is 20.6. The summed E-state index contributed by atoms with van der Waals surface area (Å²) in [6, 6.07) is 0. The van der Waals surface area contributed by atoms with Crippen LogP contribution in [0.15, 0.2) is 85.1 Å². The second kappa shape index (κ2) is 61.1. The first-order chi connectivity index (χ1) is 36.0. The zero-order chi connectivity index (χ0) is 52.9. The first-order valence-corrected chi connectivity index (χ1v) is 31.1. The third kappa shape index (κ3) is 59.3. The van der Waals surface area contributed by atoms with Crippen LogP contribution in [0.1, 0.15) is 303 Å². The molecule has 73 heavy (non-hydrogen) atoms. The molecule has 0 saturated carbocycles. The molecule has 1 unspecified atom stereocenters. The fourth-order valence-corrected chi connectivity index (χ4v) is 8.71. The normalized spacial score (nSPS) is 12.6. The summed E-state index contributed by atoms with van der Waals surface area (Å²) in [4.78, 5) is 38.0. The van der Waals surface area contributed by atoms with E-state index in [4.69, 9.17) is 14.2 Å². The second-order valence-electron chi connectivity index (χ2n) is 20.6. The summed E-state index contributed by atoms with van der Waals surface area (Å²) < 4.78 is 16.8. The lowest BCUT2D eigenvalue weighted by atomic mass is 10.0. The molecule has 1 atom stereocenters. The summed E-state index contributed by atoms with van der Waals surface area (Å²) in [5, 5.41) is 0. The van der Waals surface area contributed by atoms with E-state index in [1.165, 1.54) is 141 Å². The van der Waals surface area contributed by atoms with Crippen molar-refractivity contribution < 1.29 is 28.6 Å². The molecule has 0 spiro atoms. The minimum Gasteiger partial charge on any atom is -0.462 e. The van der Waals surface area contributed by atoms with Crippen molar-refractivity contribution in [2.24, 2.45) is 0 Å². The van der Waals surface area contributed by atoms with Crippen LogP contribution in [0.2, 0.25) is 0 Å². The van der Waals surface area contributed by atoms with Crippen molar-refractivity contribution in [1.29, 1.82) is 0 Å². The van der Waals surface area contributed by atoms with Crippen LogP contribution in [0.4, 0.5) is 0 Å². The van der Waals surface area contributed by atoms with Crippen LogP contribution >= 0.6 is 0 Å². The zero-order valence-electron chi connectivity index (χ0n) is 48.1. The van der Waals surface area contributed by atoms with E-state index >= 15 is 0 Å². The molecule has 0 amide bonds. The van der Waals surface area contributed by atoms with Gasteiger partial charge in [0, 0.05) is 19.3 Å². The number of unbranched alkanes of at least 4 members (excludes halogenated alkanes) is 31. The van der Waals surface area contributed by atoms with E-state index in [9.17, 15) is 14.4 Å². The monoisotopic (exact) mass is 1020 g/mol. The fraction of sp³-hybridized carbons (Fsp3) is 0.746. The van der Waals surface area contributed by atoms with Gasteiger partial charge in [0.05, 0.1) is 0 Å². The maximum absolute atomic E-state index is 12.8. The summed E-state index contributed by atoms with van der Waals surface area (Å²) in [5.41, 5.74) is 0. The average molecular weight is 1020 g/mol. The Morgan fingerprint density at radius 3 is 0.849 bits per heavy atom. The summed E-state index contributed by atoms with van der Waals surface area (Å²) in [6.45, 7) is 6.40. The molecule has 0 aliphatic heterocycles. The van der Waals surface area contributed by atoms with Crippen LogP contribution in [-0.4, -0.2) is 37.2 Å². The number of rotatable bonds is 56. The van der Waals surface area contributed by atoms with Crippen LogP contribution in [0, 0.1) is 0 Å². The number of hydrogen-bond donors (Lipinski definition) is 0. The maximum Gasteiger partial charge on any atom is 0.306 e. The molecular formula is C67H116O6. The van der Waals surface area contributed by atoms with Gasteiger partial charge in [0.25, 0.3) is 0 Å². The van der Waals surface area contributed by atoms with E-state index in [0.717, 1.165) is 122 Å². The maximum atomic E-state index is 12.8. The molecule has 0 saturated heterocycles. The van der Waals surface area contributed by atoms with E-state index in [2.05, 4.69) is 106 Å². The highest BCUT2D eigenvalue weighted by atomic mass is 16.6. The number of carbonyl (C=O) groups excluding carboxylic acids is 3. The van der Waals surface area contributed by atoms with Crippen LogP contribution in [0.5, 0.6) is 0 Å². The molecular weight excluding hydrogens is 901 g/mol. The van der Waals surface area contributed by atoms with Crippen molar-refractivity contribution in [3.05, 3.63) is 85.1 Å². The minimum absolute atomic E-state index is 0.0790. The molecule has 0 radical (unpaired) electrons. The third-order valence-corrected chi connectivity index (χ3v) is 13.3. The van der Waals surface area contributed by atoms with Gasteiger partial charge in [0.1, 0.15) is 13.2 Å². The van der Waals surface area contributed by atoms with Gasteiger partial charge in [-0.05, 0) is 103 Å². The molecule has 0 aliphatic rings. The quantitative estimate of drug-likeness (QED) is 0.0261. The van der Waals surface area contributed by atoms with Gasteiger partial charge < -0.3 is 14.2 Å². The molecule has 0 aromatic rings. The van der Waals surface area contributed by atoms with Crippen LogP contribution in [0.25, 0.3) is 0 Å². The number of carbonyl (C=O) groups is 3. The zero-order valence-corrected chi connectivity index (χ0v) is 48.1. The highest BCUT2D eigenvalue weighted by Gasteiger charge is 2.19. The summed E-state index contributed by atoms with van der Waals surface area (Å²) >= 11 is 0. The highest BCUT2D eigenvalue weighted by molar-refractivity contribution is 5.71.